The van der Waals surface area contributed by atoms with Crippen LogP contribution in [0.3, 0.4) is 0 Å². The van der Waals surface area contributed by atoms with E-state index in [0.717, 1.165) is 10.9 Å². The van der Waals surface area contributed by atoms with Gasteiger partial charge in [-0.25, -0.2) is 5.48 Å². The fourth-order valence-corrected chi connectivity index (χ4v) is 7.11. The SMILES string of the molecule is C#CCCCC(=O)NCCCCC(NC(=O)[C@H](Cc1ccc(C(=O)c2ccccc2)cc1)NC(=O)[C@H](Cc1c[nH]c2ccccc12)NC(=O)[C@H](CCCCN)CC(=O)NO)C(N)=O. The second kappa shape index (κ2) is 25.8. The molecule has 1 unspecified atom stereocenters. The minimum absolute atomic E-state index is 0.0156. The topological polar surface area (TPSA) is 268 Å². The Balaban J connectivity index is 1.59. The molecule has 16 nitrogen and oxygen atoms in total. The summed E-state index contributed by atoms with van der Waals surface area (Å²) in [7, 11) is 0. The number of nitrogens with one attached hydrogen (secondary N) is 6. The number of fused-ring (bicyclic) bond motifs is 1. The average Bonchev–Trinajstić information content (AvgIpc) is 3.70. The van der Waals surface area contributed by atoms with Gasteiger partial charge in [-0.3, -0.25) is 38.8 Å². The van der Waals surface area contributed by atoms with Crippen LogP contribution in [-0.2, 0) is 41.6 Å². The molecule has 16 heteroatoms. The number of nitrogens with two attached hydrogens (primary N) is 2. The van der Waals surface area contributed by atoms with E-state index in [1.165, 1.54) is 0 Å². The minimum Gasteiger partial charge on any atom is -0.368 e. The number of hydrogen-bond acceptors (Lipinski definition) is 9. The third-order valence-corrected chi connectivity index (χ3v) is 10.6. The molecular weight excluding hydrogens is 805 g/mol. The largest absolute Gasteiger partial charge is 0.368 e. The molecule has 11 N–H and O–H groups in total. The summed E-state index contributed by atoms with van der Waals surface area (Å²) in [6.45, 7) is 0.711. The number of carbonyl (C=O) groups excluding carboxylic acids is 7. The fourth-order valence-electron chi connectivity index (χ4n) is 7.11. The lowest BCUT2D eigenvalue weighted by atomic mass is 9.95. The monoisotopic (exact) mass is 862 g/mol. The Kier molecular flexibility index (Phi) is 20.0. The lowest BCUT2D eigenvalue weighted by Gasteiger charge is -2.26. The van der Waals surface area contributed by atoms with Crippen molar-refractivity contribution in [3.8, 4) is 12.3 Å². The molecule has 0 spiro atoms. The van der Waals surface area contributed by atoms with Gasteiger partial charge in [0.15, 0.2) is 5.78 Å². The standard InChI is InChI=1S/C47H58N8O8/c1-2-3-5-20-41(56)50-26-13-11-19-38(44(49)59)52-46(61)39(27-31-21-23-33(24-22-31)43(58)32-14-6-4-7-15-32)54-47(62)40(28-35-30-51-37-18-9-8-17-36(35)37)53-45(60)34(16-10-12-25-48)29-42(57)55-63/h1,4,6-9,14-15,17-18,21-24,30,34,38-40,51,63H,3,5,10-13,16,19-20,25-29,48H2,(H2,49,59)(H,50,56)(H,52,61)(H,53,60)(H,54,62)(H,55,57)/t34-,38?,39+,40+/m1/s1. The zero-order valence-corrected chi connectivity index (χ0v) is 35.3. The quantitative estimate of drug-likeness (QED) is 0.0140. The lowest BCUT2D eigenvalue weighted by Crippen LogP contribution is -2.57. The third-order valence-electron chi connectivity index (χ3n) is 10.6. The Morgan fingerprint density at radius 2 is 1.33 bits per heavy atom. The first-order chi connectivity index (χ1) is 30.4. The molecule has 0 aliphatic carbocycles. The van der Waals surface area contributed by atoms with Crippen LogP contribution in [0.2, 0.25) is 0 Å². The van der Waals surface area contributed by atoms with E-state index in [2.05, 4.69) is 32.2 Å². The fraction of sp³-hybridized carbons (Fsp3) is 0.383. The summed E-state index contributed by atoms with van der Waals surface area (Å²) in [5.74, 6) is -2.42. The summed E-state index contributed by atoms with van der Waals surface area (Å²) < 4.78 is 0. The van der Waals surface area contributed by atoms with Crippen molar-refractivity contribution in [2.45, 2.75) is 95.2 Å². The van der Waals surface area contributed by atoms with Crippen molar-refractivity contribution >= 4 is 52.1 Å². The Morgan fingerprint density at radius 1 is 0.698 bits per heavy atom. The number of benzene rings is 3. The van der Waals surface area contributed by atoms with Gasteiger partial charge in [-0.1, -0.05) is 79.2 Å². The van der Waals surface area contributed by atoms with E-state index < -0.39 is 53.6 Å². The Bertz CT molecular complexity index is 2200. The number of ketones is 1. The van der Waals surface area contributed by atoms with Crippen LogP contribution in [0.25, 0.3) is 10.9 Å². The van der Waals surface area contributed by atoms with Crippen LogP contribution in [0.4, 0.5) is 0 Å². The molecule has 0 saturated carbocycles. The van der Waals surface area contributed by atoms with Gasteiger partial charge in [0.05, 0.1) is 0 Å². The van der Waals surface area contributed by atoms with E-state index in [0.29, 0.717) is 80.3 Å². The minimum atomic E-state index is -1.31. The number of rotatable bonds is 27. The van der Waals surface area contributed by atoms with Crippen LogP contribution in [0.15, 0.2) is 85.1 Å². The molecule has 0 aliphatic heterocycles. The van der Waals surface area contributed by atoms with Gasteiger partial charge in [0.1, 0.15) is 18.1 Å². The van der Waals surface area contributed by atoms with E-state index in [1.54, 1.807) is 66.3 Å². The first kappa shape index (κ1) is 48.8. The number of carbonyl (C=O) groups is 7. The van der Waals surface area contributed by atoms with Crippen molar-refractivity contribution in [1.29, 1.82) is 0 Å². The number of amides is 6. The highest BCUT2D eigenvalue weighted by atomic mass is 16.5. The lowest BCUT2D eigenvalue weighted by molar-refractivity contribution is -0.137. The first-order valence-electron chi connectivity index (χ1n) is 21.2. The Hall–Kier alpha value is -6.83. The van der Waals surface area contributed by atoms with Gasteiger partial charge in [-0.2, -0.15) is 0 Å². The van der Waals surface area contributed by atoms with Crippen molar-refractivity contribution < 1.29 is 38.8 Å². The zero-order chi connectivity index (χ0) is 45.6. The summed E-state index contributed by atoms with van der Waals surface area (Å²) in [4.78, 5) is 95.8. The van der Waals surface area contributed by atoms with Gasteiger partial charge >= 0.3 is 0 Å². The Labute approximate surface area is 367 Å². The van der Waals surface area contributed by atoms with Gasteiger partial charge in [-0.15, -0.1) is 12.3 Å². The first-order valence-corrected chi connectivity index (χ1v) is 21.2. The van der Waals surface area contributed by atoms with Crippen molar-refractivity contribution in [2.24, 2.45) is 17.4 Å². The van der Waals surface area contributed by atoms with Gasteiger partial charge in [0.2, 0.25) is 35.4 Å². The highest BCUT2D eigenvalue weighted by Gasteiger charge is 2.32. The van der Waals surface area contributed by atoms with Crippen LogP contribution in [0, 0.1) is 18.3 Å². The molecule has 0 bridgehead atoms. The van der Waals surface area contributed by atoms with Gasteiger partial charge < -0.3 is 37.7 Å². The molecule has 1 heterocycles. The second-order valence-corrected chi connectivity index (χ2v) is 15.4. The normalized spacial score (nSPS) is 12.8. The number of terminal acetylenes is 1. The number of aromatic amines is 1. The highest BCUT2D eigenvalue weighted by Crippen LogP contribution is 2.21. The van der Waals surface area contributed by atoms with Crippen molar-refractivity contribution in [3.63, 3.8) is 0 Å². The van der Waals surface area contributed by atoms with Crippen molar-refractivity contribution in [1.82, 2.24) is 31.7 Å². The number of unbranched alkanes of at least 4 members (excludes halogenated alkanes) is 3. The molecule has 0 fully saturated rings. The van der Waals surface area contributed by atoms with Gasteiger partial charge in [-0.05, 0) is 62.3 Å². The molecule has 0 saturated heterocycles. The second-order valence-electron chi connectivity index (χ2n) is 15.4. The van der Waals surface area contributed by atoms with Crippen LogP contribution >= 0.6 is 0 Å². The molecule has 4 rings (SSSR count). The third kappa shape index (κ3) is 15.9. The van der Waals surface area contributed by atoms with Crippen molar-refractivity contribution in [3.05, 3.63) is 107 Å². The summed E-state index contributed by atoms with van der Waals surface area (Å²) in [5.41, 5.74) is 15.9. The van der Waals surface area contributed by atoms with Crippen LogP contribution in [-0.4, -0.2) is 82.6 Å². The molecule has 0 radical (unpaired) electrons. The predicted octanol–water partition coefficient (Wildman–Crippen LogP) is 2.85. The molecular formula is C47H58N8O8. The maximum absolute atomic E-state index is 14.5. The highest BCUT2D eigenvalue weighted by molar-refractivity contribution is 6.09. The number of primary amides is 1. The Morgan fingerprint density at radius 3 is 2.02 bits per heavy atom. The maximum atomic E-state index is 14.5. The molecule has 4 atom stereocenters. The number of hydroxylamine groups is 1. The molecule has 0 aliphatic rings. The summed E-state index contributed by atoms with van der Waals surface area (Å²) in [6, 6.07) is 19.0. The molecule has 6 amide bonds. The number of para-hydroxylation sites is 1. The predicted molar refractivity (Wildman–Crippen MR) is 237 cm³/mol. The summed E-state index contributed by atoms with van der Waals surface area (Å²) >= 11 is 0. The molecule has 1 aromatic heterocycles. The van der Waals surface area contributed by atoms with Gasteiger partial charge in [0, 0.05) is 72.8 Å². The number of H-pyrrole nitrogens is 1. The smallest absolute Gasteiger partial charge is 0.244 e. The van der Waals surface area contributed by atoms with E-state index in [9.17, 15) is 38.8 Å². The van der Waals surface area contributed by atoms with E-state index in [1.807, 2.05) is 24.3 Å². The average molecular weight is 863 g/mol. The molecule has 3 aromatic carbocycles. The van der Waals surface area contributed by atoms with Crippen LogP contribution < -0.4 is 38.2 Å². The van der Waals surface area contributed by atoms with Crippen molar-refractivity contribution in [2.75, 3.05) is 13.1 Å². The summed E-state index contributed by atoms with van der Waals surface area (Å²) in [6.07, 6.45) is 10.3. The summed E-state index contributed by atoms with van der Waals surface area (Å²) in [5, 5.41) is 21.1. The van der Waals surface area contributed by atoms with E-state index in [-0.39, 0.29) is 43.8 Å². The molecule has 334 valence electrons. The van der Waals surface area contributed by atoms with Gasteiger partial charge in [0.25, 0.3) is 0 Å². The van der Waals surface area contributed by atoms with E-state index in [4.69, 9.17) is 17.9 Å². The van der Waals surface area contributed by atoms with Crippen LogP contribution in [0.1, 0.15) is 91.3 Å². The van der Waals surface area contributed by atoms with E-state index >= 15 is 0 Å². The number of aromatic nitrogens is 1. The maximum Gasteiger partial charge on any atom is 0.244 e. The number of hydrogen-bond donors (Lipinski definition) is 9. The molecule has 4 aromatic rings. The zero-order valence-electron chi connectivity index (χ0n) is 35.3. The van der Waals surface area contributed by atoms with Crippen LogP contribution in [0.5, 0.6) is 0 Å². The molecule has 63 heavy (non-hydrogen) atoms.